The van der Waals surface area contributed by atoms with Gasteiger partial charge in [0.1, 0.15) is 0 Å². The molecular weight excluding hydrogens is 308 g/mol. The van der Waals surface area contributed by atoms with Crippen molar-refractivity contribution >= 4 is 11.3 Å². The van der Waals surface area contributed by atoms with Crippen LogP contribution in [0, 0.1) is 13.8 Å². The monoisotopic (exact) mass is 332 g/mol. The summed E-state index contributed by atoms with van der Waals surface area (Å²) < 4.78 is 5.28. The number of phenols is 1. The van der Waals surface area contributed by atoms with E-state index in [9.17, 15) is 5.11 Å². The molecule has 1 atom stereocenters. The second-order valence-corrected chi connectivity index (χ2v) is 7.58. The lowest BCUT2D eigenvalue weighted by molar-refractivity contribution is 0.213. The van der Waals surface area contributed by atoms with Crippen LogP contribution in [-0.2, 0) is 13.0 Å². The second-order valence-electron chi connectivity index (χ2n) is 6.34. The largest absolute Gasteiger partial charge is 0.504 e. The number of thiazole rings is 1. The van der Waals surface area contributed by atoms with Crippen molar-refractivity contribution in [2.24, 2.45) is 0 Å². The van der Waals surface area contributed by atoms with Crippen molar-refractivity contribution in [2.75, 3.05) is 14.2 Å². The van der Waals surface area contributed by atoms with Crippen molar-refractivity contribution in [3.05, 3.63) is 38.8 Å². The fourth-order valence-corrected chi connectivity index (χ4v) is 4.59. The molecule has 0 aliphatic heterocycles. The summed E-state index contributed by atoms with van der Waals surface area (Å²) in [5.41, 5.74) is 3.28. The van der Waals surface area contributed by atoms with Crippen LogP contribution < -0.4 is 4.74 Å². The molecule has 1 unspecified atom stereocenters. The Morgan fingerprint density at radius 1 is 1.39 bits per heavy atom. The van der Waals surface area contributed by atoms with Gasteiger partial charge in [-0.1, -0.05) is 6.07 Å². The number of hydrogen-bond donors (Lipinski definition) is 1. The third-order valence-electron chi connectivity index (χ3n) is 4.50. The summed E-state index contributed by atoms with van der Waals surface area (Å²) >= 11 is 1.81. The molecule has 0 fully saturated rings. The van der Waals surface area contributed by atoms with E-state index in [4.69, 9.17) is 4.74 Å². The zero-order valence-corrected chi connectivity index (χ0v) is 15.0. The lowest BCUT2D eigenvalue weighted by atomic mass is 9.96. The molecule has 4 nitrogen and oxygen atoms in total. The van der Waals surface area contributed by atoms with Gasteiger partial charge in [-0.3, -0.25) is 4.90 Å². The molecule has 1 aromatic heterocycles. The van der Waals surface area contributed by atoms with E-state index < -0.39 is 0 Å². The SMILES string of the molecule is COc1cc(C)cc(CN(C)C2CCCc3nc(C)sc32)c1O. The molecule has 1 aliphatic rings. The number of benzene rings is 1. The molecule has 0 amide bonds. The Morgan fingerprint density at radius 3 is 2.91 bits per heavy atom. The maximum atomic E-state index is 10.4. The van der Waals surface area contributed by atoms with Crippen molar-refractivity contribution in [3.63, 3.8) is 0 Å². The Bertz CT molecular complexity index is 711. The third kappa shape index (κ3) is 3.21. The summed E-state index contributed by atoms with van der Waals surface area (Å²) in [4.78, 5) is 8.39. The molecule has 1 aromatic carbocycles. The number of phenolic OH excluding ortho intramolecular Hbond substituents is 1. The third-order valence-corrected chi connectivity index (χ3v) is 5.61. The summed E-state index contributed by atoms with van der Waals surface area (Å²) in [6, 6.07) is 4.29. The first-order valence-corrected chi connectivity index (χ1v) is 8.84. The number of aromatic nitrogens is 1. The Hall–Kier alpha value is -1.59. The number of hydrogen-bond acceptors (Lipinski definition) is 5. The van der Waals surface area contributed by atoms with Crippen LogP contribution >= 0.6 is 11.3 Å². The smallest absolute Gasteiger partial charge is 0.162 e. The van der Waals surface area contributed by atoms with E-state index >= 15 is 0 Å². The highest BCUT2D eigenvalue weighted by Crippen LogP contribution is 2.39. The zero-order chi connectivity index (χ0) is 16.6. The van der Waals surface area contributed by atoms with Gasteiger partial charge in [0, 0.05) is 23.0 Å². The molecule has 5 heteroatoms. The van der Waals surface area contributed by atoms with Crippen molar-refractivity contribution in [1.82, 2.24) is 9.88 Å². The zero-order valence-electron chi connectivity index (χ0n) is 14.2. The van der Waals surface area contributed by atoms with E-state index in [0.717, 1.165) is 29.0 Å². The number of nitrogens with zero attached hydrogens (tertiary/aromatic N) is 2. The molecule has 1 heterocycles. The molecule has 0 radical (unpaired) electrons. The minimum Gasteiger partial charge on any atom is -0.504 e. The van der Waals surface area contributed by atoms with Gasteiger partial charge in [0.15, 0.2) is 11.5 Å². The highest BCUT2D eigenvalue weighted by Gasteiger charge is 2.27. The Morgan fingerprint density at radius 2 is 2.17 bits per heavy atom. The first-order chi connectivity index (χ1) is 11.0. The molecule has 2 aromatic rings. The molecule has 1 N–H and O–H groups in total. The van der Waals surface area contributed by atoms with Crippen LogP contribution in [0.25, 0.3) is 0 Å². The fourth-order valence-electron chi connectivity index (χ4n) is 3.41. The molecule has 1 aliphatic carbocycles. The minimum absolute atomic E-state index is 0.251. The Balaban J connectivity index is 1.86. The molecule has 0 spiro atoms. The quantitative estimate of drug-likeness (QED) is 0.920. The van der Waals surface area contributed by atoms with E-state index in [0.29, 0.717) is 18.3 Å². The first kappa shape index (κ1) is 16.3. The van der Waals surface area contributed by atoms with Crippen LogP contribution in [0.5, 0.6) is 11.5 Å². The molecule has 23 heavy (non-hydrogen) atoms. The van der Waals surface area contributed by atoms with Gasteiger partial charge in [-0.15, -0.1) is 11.3 Å². The summed E-state index contributed by atoms with van der Waals surface area (Å²) in [6.45, 7) is 4.80. The van der Waals surface area contributed by atoms with Gasteiger partial charge in [0.2, 0.25) is 0 Å². The van der Waals surface area contributed by atoms with Crippen LogP contribution in [-0.4, -0.2) is 29.1 Å². The molecule has 3 rings (SSSR count). The standard InChI is InChI=1S/C18H24N2O2S/c1-11-8-13(17(21)16(9-11)22-4)10-20(3)15-7-5-6-14-18(15)23-12(2)19-14/h8-9,15,21H,5-7,10H2,1-4H3. The number of aryl methyl sites for hydroxylation is 3. The van der Waals surface area contributed by atoms with E-state index in [1.54, 1.807) is 7.11 Å². The Kier molecular flexibility index (Phi) is 4.60. The average molecular weight is 332 g/mol. The lowest BCUT2D eigenvalue weighted by Crippen LogP contribution is -2.26. The summed E-state index contributed by atoms with van der Waals surface area (Å²) in [5, 5.41) is 11.5. The summed E-state index contributed by atoms with van der Waals surface area (Å²) in [6.07, 6.45) is 3.41. The molecule has 124 valence electrons. The van der Waals surface area contributed by atoms with E-state index in [2.05, 4.69) is 23.9 Å². The minimum atomic E-state index is 0.251. The predicted molar refractivity (Wildman–Crippen MR) is 93.4 cm³/mol. The first-order valence-electron chi connectivity index (χ1n) is 8.02. The summed E-state index contributed by atoms with van der Waals surface area (Å²) in [7, 11) is 3.72. The normalized spacial score (nSPS) is 17.3. The van der Waals surface area contributed by atoms with Gasteiger partial charge < -0.3 is 9.84 Å². The highest BCUT2D eigenvalue weighted by atomic mass is 32.1. The van der Waals surface area contributed by atoms with Crippen LogP contribution in [0.2, 0.25) is 0 Å². The van der Waals surface area contributed by atoms with Gasteiger partial charge >= 0.3 is 0 Å². The number of aromatic hydroxyl groups is 1. The topological polar surface area (TPSA) is 45.6 Å². The highest BCUT2D eigenvalue weighted by molar-refractivity contribution is 7.11. The molecule has 0 saturated heterocycles. The number of rotatable bonds is 4. The van der Waals surface area contributed by atoms with Gasteiger partial charge in [-0.2, -0.15) is 0 Å². The second kappa shape index (κ2) is 6.49. The van der Waals surface area contributed by atoms with Crippen LogP contribution in [0.4, 0.5) is 0 Å². The summed E-state index contributed by atoms with van der Waals surface area (Å²) in [5.74, 6) is 0.799. The van der Waals surface area contributed by atoms with Crippen molar-refractivity contribution in [1.29, 1.82) is 0 Å². The van der Waals surface area contributed by atoms with Crippen LogP contribution in [0.15, 0.2) is 12.1 Å². The maximum Gasteiger partial charge on any atom is 0.162 e. The van der Waals surface area contributed by atoms with Crippen molar-refractivity contribution < 1.29 is 9.84 Å². The molecular formula is C18H24N2O2S. The van der Waals surface area contributed by atoms with Gasteiger partial charge in [0.05, 0.1) is 17.8 Å². The van der Waals surface area contributed by atoms with Gasteiger partial charge in [-0.25, -0.2) is 4.98 Å². The van der Waals surface area contributed by atoms with E-state index in [1.165, 1.54) is 17.0 Å². The van der Waals surface area contributed by atoms with Crippen molar-refractivity contribution in [3.8, 4) is 11.5 Å². The van der Waals surface area contributed by atoms with Crippen LogP contribution in [0.3, 0.4) is 0 Å². The number of ether oxygens (including phenoxy) is 1. The van der Waals surface area contributed by atoms with E-state index in [1.807, 2.05) is 30.4 Å². The lowest BCUT2D eigenvalue weighted by Gasteiger charge is -2.31. The van der Waals surface area contributed by atoms with Crippen LogP contribution in [0.1, 0.15) is 45.6 Å². The number of methoxy groups -OCH3 is 1. The van der Waals surface area contributed by atoms with Gasteiger partial charge in [0.25, 0.3) is 0 Å². The Labute approximate surface area is 141 Å². The molecule has 0 bridgehead atoms. The number of fused-ring (bicyclic) bond motifs is 1. The average Bonchev–Trinajstić information content (AvgIpc) is 2.90. The van der Waals surface area contributed by atoms with E-state index in [-0.39, 0.29) is 5.75 Å². The van der Waals surface area contributed by atoms with Gasteiger partial charge in [-0.05, 0) is 51.8 Å². The fraction of sp³-hybridized carbons (Fsp3) is 0.500. The maximum absolute atomic E-state index is 10.4. The predicted octanol–water partition coefficient (Wildman–Crippen LogP) is 3.98. The molecule has 0 saturated carbocycles. The van der Waals surface area contributed by atoms with Crippen molar-refractivity contribution in [2.45, 2.75) is 45.7 Å².